The molecule has 0 unspecified atom stereocenters. The zero-order valence-corrected chi connectivity index (χ0v) is 16.2. The third-order valence-corrected chi connectivity index (χ3v) is 5.11. The van der Waals surface area contributed by atoms with Crippen LogP contribution in [0.25, 0.3) is 33.3 Å². The van der Waals surface area contributed by atoms with Gasteiger partial charge in [-0.05, 0) is 66.4 Å². The lowest BCUT2D eigenvalue weighted by Gasteiger charge is -2.13. The van der Waals surface area contributed by atoms with Crippen LogP contribution in [0.2, 0.25) is 0 Å². The Hall–Kier alpha value is -3.73. The Kier molecular flexibility index (Phi) is 4.72. The minimum atomic E-state index is -0.504. The Balaban J connectivity index is 1.88. The summed E-state index contributed by atoms with van der Waals surface area (Å²) >= 11 is 0. The Morgan fingerprint density at radius 1 is 1.14 bits per heavy atom. The van der Waals surface area contributed by atoms with Crippen LogP contribution in [-0.2, 0) is 4.79 Å². The highest BCUT2D eigenvalue weighted by atomic mass is 19.1. The zero-order chi connectivity index (χ0) is 20.5. The molecule has 2 aromatic carbocycles. The third-order valence-electron chi connectivity index (χ3n) is 5.11. The number of pyridine rings is 1. The second-order valence-corrected chi connectivity index (χ2v) is 6.94. The number of aromatic amines is 1. The molecule has 2 heterocycles. The van der Waals surface area contributed by atoms with Crippen molar-refractivity contribution in [1.82, 2.24) is 9.97 Å². The van der Waals surface area contributed by atoms with Crippen LogP contribution in [0.5, 0.6) is 0 Å². The summed E-state index contributed by atoms with van der Waals surface area (Å²) in [5.41, 5.74) is 7.61. The molecule has 2 N–H and O–H groups in total. The normalized spacial score (nSPS) is 10.9. The highest BCUT2D eigenvalue weighted by Crippen LogP contribution is 2.37. The van der Waals surface area contributed by atoms with Crippen molar-refractivity contribution in [2.24, 2.45) is 0 Å². The minimum Gasteiger partial charge on any atom is -0.354 e. The lowest BCUT2D eigenvalue weighted by atomic mass is 9.95. The summed E-state index contributed by atoms with van der Waals surface area (Å²) in [6.07, 6.45) is 2.77. The fraction of sp³-hybridized carbons (Fsp3) is 0.0833. The Morgan fingerprint density at radius 2 is 1.97 bits per heavy atom. The van der Waals surface area contributed by atoms with Gasteiger partial charge in [-0.1, -0.05) is 30.8 Å². The first kappa shape index (κ1) is 18.6. The molecule has 2 aromatic heterocycles. The maximum absolute atomic E-state index is 13.2. The van der Waals surface area contributed by atoms with E-state index in [1.165, 1.54) is 18.3 Å². The second kappa shape index (κ2) is 7.36. The van der Waals surface area contributed by atoms with Crippen LogP contribution in [0.15, 0.2) is 67.4 Å². The maximum Gasteiger partial charge on any atom is 0.247 e. The van der Waals surface area contributed by atoms with E-state index in [-0.39, 0.29) is 5.91 Å². The van der Waals surface area contributed by atoms with Crippen molar-refractivity contribution < 1.29 is 9.18 Å². The van der Waals surface area contributed by atoms with Crippen molar-refractivity contribution >= 4 is 22.5 Å². The van der Waals surface area contributed by atoms with E-state index in [1.54, 1.807) is 6.07 Å². The molecule has 144 valence electrons. The van der Waals surface area contributed by atoms with Gasteiger partial charge in [-0.25, -0.2) is 4.98 Å². The Bertz CT molecular complexity index is 1240. The van der Waals surface area contributed by atoms with Gasteiger partial charge < -0.3 is 10.3 Å². The minimum absolute atomic E-state index is 0.243. The molecule has 1 amide bonds. The number of aryl methyl sites for hydroxylation is 1. The van der Waals surface area contributed by atoms with Gasteiger partial charge in [0.1, 0.15) is 0 Å². The first-order chi connectivity index (χ1) is 14.0. The highest BCUT2D eigenvalue weighted by Gasteiger charge is 2.14. The molecule has 5 heteroatoms. The number of amides is 1. The summed E-state index contributed by atoms with van der Waals surface area (Å²) in [6, 6.07) is 15.1. The summed E-state index contributed by atoms with van der Waals surface area (Å²) < 4.78 is 13.2. The predicted molar refractivity (Wildman–Crippen MR) is 115 cm³/mol. The average Bonchev–Trinajstić information content (AvgIpc) is 3.17. The van der Waals surface area contributed by atoms with E-state index in [0.29, 0.717) is 0 Å². The molecular weight excluding hydrogens is 365 g/mol. The number of halogens is 1. The number of fused-ring (bicyclic) bond motifs is 1. The number of aromatic nitrogens is 2. The van der Waals surface area contributed by atoms with Gasteiger partial charge in [-0.2, -0.15) is 4.39 Å². The van der Waals surface area contributed by atoms with Gasteiger partial charge in [-0.3, -0.25) is 4.79 Å². The number of nitrogens with zero attached hydrogens (tertiary/aromatic N) is 1. The molecule has 0 fully saturated rings. The number of anilines is 1. The fourth-order valence-electron chi connectivity index (χ4n) is 3.53. The van der Waals surface area contributed by atoms with Gasteiger partial charge in [0.2, 0.25) is 11.9 Å². The molecule has 0 aliphatic heterocycles. The quantitative estimate of drug-likeness (QED) is 0.346. The van der Waals surface area contributed by atoms with E-state index in [9.17, 15) is 9.18 Å². The van der Waals surface area contributed by atoms with Crippen LogP contribution in [0, 0.1) is 19.8 Å². The molecule has 0 aliphatic rings. The fourth-order valence-corrected chi connectivity index (χ4v) is 3.53. The van der Waals surface area contributed by atoms with Gasteiger partial charge in [0.25, 0.3) is 0 Å². The largest absolute Gasteiger partial charge is 0.354 e. The van der Waals surface area contributed by atoms with Gasteiger partial charge in [0.05, 0.1) is 0 Å². The Labute approximate surface area is 168 Å². The number of H-pyrrole nitrogens is 1. The summed E-state index contributed by atoms with van der Waals surface area (Å²) in [5, 5.41) is 3.91. The molecule has 0 spiro atoms. The highest BCUT2D eigenvalue weighted by molar-refractivity contribution is 6.03. The zero-order valence-electron chi connectivity index (χ0n) is 16.2. The number of hydrogen-bond acceptors (Lipinski definition) is 2. The number of nitrogens with one attached hydrogen (secondary N) is 2. The van der Waals surface area contributed by atoms with Crippen molar-refractivity contribution in [2.45, 2.75) is 13.8 Å². The van der Waals surface area contributed by atoms with Crippen molar-refractivity contribution in [3.63, 3.8) is 0 Å². The van der Waals surface area contributed by atoms with E-state index in [0.717, 1.165) is 50.1 Å². The van der Waals surface area contributed by atoms with Gasteiger partial charge in [0.15, 0.2) is 0 Å². The van der Waals surface area contributed by atoms with Gasteiger partial charge in [-0.15, -0.1) is 0 Å². The molecule has 4 rings (SSSR count). The Morgan fingerprint density at radius 3 is 2.69 bits per heavy atom. The molecule has 0 radical (unpaired) electrons. The second-order valence-electron chi connectivity index (χ2n) is 6.94. The van der Waals surface area contributed by atoms with Crippen LogP contribution < -0.4 is 5.32 Å². The van der Waals surface area contributed by atoms with Crippen LogP contribution >= 0.6 is 0 Å². The standard InChI is InChI=1S/C24H20FN3O/c1-4-23(29)27-20-7-5-6-17(15(20)3)18-10-8-14(2)24-19(18)12-21(28-24)16-9-11-22(25)26-13-16/h4-13,28H,1H2,2-3H3,(H,27,29). The van der Waals surface area contributed by atoms with Gasteiger partial charge >= 0.3 is 0 Å². The van der Waals surface area contributed by atoms with E-state index in [2.05, 4.69) is 40.1 Å². The molecule has 4 nitrogen and oxygen atoms in total. The van der Waals surface area contributed by atoms with Crippen molar-refractivity contribution in [3.05, 3.63) is 84.5 Å². The SMILES string of the molecule is C=CC(=O)Nc1cccc(-c2ccc(C)c3[nH]c(-c4ccc(F)nc4)cc23)c1C. The first-order valence-corrected chi connectivity index (χ1v) is 9.25. The number of carbonyl (C=O) groups is 1. The number of carbonyl (C=O) groups excluding carboxylic acids is 1. The third kappa shape index (κ3) is 3.43. The van der Waals surface area contributed by atoms with Crippen LogP contribution in [0.1, 0.15) is 11.1 Å². The molecule has 0 saturated heterocycles. The van der Waals surface area contributed by atoms with E-state index in [1.807, 2.05) is 32.0 Å². The molecule has 0 bridgehead atoms. The predicted octanol–water partition coefficient (Wildman–Crippen LogP) is 5.78. The smallest absolute Gasteiger partial charge is 0.247 e. The number of rotatable bonds is 4. The number of benzene rings is 2. The van der Waals surface area contributed by atoms with Crippen molar-refractivity contribution in [1.29, 1.82) is 0 Å². The summed E-state index contributed by atoms with van der Waals surface area (Å²) in [7, 11) is 0. The number of hydrogen-bond donors (Lipinski definition) is 2. The van der Waals surface area contributed by atoms with E-state index in [4.69, 9.17) is 0 Å². The lowest BCUT2D eigenvalue weighted by molar-refractivity contribution is -0.111. The van der Waals surface area contributed by atoms with Crippen molar-refractivity contribution in [3.8, 4) is 22.4 Å². The summed E-state index contributed by atoms with van der Waals surface area (Å²) in [5.74, 6) is -0.747. The van der Waals surface area contributed by atoms with Crippen molar-refractivity contribution in [2.75, 3.05) is 5.32 Å². The monoisotopic (exact) mass is 385 g/mol. The topological polar surface area (TPSA) is 57.8 Å². The summed E-state index contributed by atoms with van der Waals surface area (Å²) in [6.45, 7) is 7.54. The molecule has 0 aliphatic carbocycles. The molecule has 0 saturated carbocycles. The molecule has 0 atom stereocenters. The summed E-state index contributed by atoms with van der Waals surface area (Å²) in [4.78, 5) is 19.0. The van der Waals surface area contributed by atoms with Gasteiger partial charge in [0, 0.05) is 34.0 Å². The molecular formula is C24H20FN3O. The van der Waals surface area contributed by atoms with Crippen LogP contribution in [0.3, 0.4) is 0 Å². The van der Waals surface area contributed by atoms with E-state index >= 15 is 0 Å². The maximum atomic E-state index is 13.2. The van der Waals surface area contributed by atoms with E-state index < -0.39 is 5.95 Å². The molecule has 29 heavy (non-hydrogen) atoms. The lowest BCUT2D eigenvalue weighted by Crippen LogP contribution is -2.08. The van der Waals surface area contributed by atoms with Crippen LogP contribution in [0.4, 0.5) is 10.1 Å². The average molecular weight is 385 g/mol. The molecule has 4 aromatic rings. The first-order valence-electron chi connectivity index (χ1n) is 9.25. The van der Waals surface area contributed by atoms with Crippen LogP contribution in [-0.4, -0.2) is 15.9 Å².